The summed E-state index contributed by atoms with van der Waals surface area (Å²) in [5, 5.41) is 5.69. The molecule has 3 rings (SSSR count). The van der Waals surface area contributed by atoms with Crippen molar-refractivity contribution in [3.8, 4) is 5.75 Å². The minimum atomic E-state index is -1.03. The van der Waals surface area contributed by atoms with E-state index >= 15 is 0 Å². The fraction of sp³-hybridized carbons (Fsp3) is 0.100. The van der Waals surface area contributed by atoms with Gasteiger partial charge in [0.2, 0.25) is 0 Å². The Balaban J connectivity index is 1.69. The smallest absolute Gasteiger partial charge is 0.274 e. The van der Waals surface area contributed by atoms with E-state index in [1.165, 1.54) is 12.3 Å². The molecule has 2 N–H and O–H groups in total. The Bertz CT molecular complexity index is 963. The van der Waals surface area contributed by atoms with Gasteiger partial charge in [0.15, 0.2) is 11.6 Å². The molecular weight excluding hydrogens is 352 g/mol. The summed E-state index contributed by atoms with van der Waals surface area (Å²) in [7, 11) is 1.60. The first-order valence-corrected chi connectivity index (χ1v) is 8.15. The minimum Gasteiger partial charge on any atom is -0.496 e. The van der Waals surface area contributed by atoms with Gasteiger partial charge in [-0.2, -0.15) is 0 Å². The van der Waals surface area contributed by atoms with Crippen LogP contribution in [-0.2, 0) is 6.54 Å². The minimum absolute atomic E-state index is 0.143. The summed E-state index contributed by atoms with van der Waals surface area (Å²) in [4.78, 5) is 16.3. The van der Waals surface area contributed by atoms with Crippen LogP contribution in [0, 0.1) is 11.6 Å². The number of anilines is 2. The third-order valence-electron chi connectivity index (χ3n) is 3.85. The summed E-state index contributed by atoms with van der Waals surface area (Å²) >= 11 is 0. The van der Waals surface area contributed by atoms with Gasteiger partial charge in [0.1, 0.15) is 11.4 Å². The molecule has 1 aromatic heterocycles. The lowest BCUT2D eigenvalue weighted by Crippen LogP contribution is -2.14. The van der Waals surface area contributed by atoms with E-state index in [1.54, 1.807) is 19.2 Å². The van der Waals surface area contributed by atoms with E-state index in [2.05, 4.69) is 15.6 Å². The van der Waals surface area contributed by atoms with Crippen molar-refractivity contribution in [1.29, 1.82) is 0 Å². The Labute approximate surface area is 155 Å². The first kappa shape index (κ1) is 18.3. The highest BCUT2D eigenvalue weighted by Crippen LogP contribution is 2.19. The van der Waals surface area contributed by atoms with Crippen LogP contribution in [0.1, 0.15) is 16.1 Å². The monoisotopic (exact) mass is 369 g/mol. The molecule has 0 aliphatic heterocycles. The topological polar surface area (TPSA) is 63.2 Å². The van der Waals surface area contributed by atoms with E-state index in [4.69, 9.17) is 4.74 Å². The van der Waals surface area contributed by atoms with Gasteiger partial charge in [-0.15, -0.1) is 0 Å². The molecule has 1 heterocycles. The predicted octanol–water partition coefficient (Wildman–Crippen LogP) is 4.23. The van der Waals surface area contributed by atoms with E-state index in [-0.39, 0.29) is 11.4 Å². The Hall–Kier alpha value is -3.48. The molecule has 27 heavy (non-hydrogen) atoms. The van der Waals surface area contributed by atoms with E-state index in [0.717, 1.165) is 23.4 Å². The number of methoxy groups -OCH3 is 1. The quantitative estimate of drug-likeness (QED) is 0.682. The van der Waals surface area contributed by atoms with E-state index < -0.39 is 17.5 Å². The second-order valence-corrected chi connectivity index (χ2v) is 5.68. The van der Waals surface area contributed by atoms with Gasteiger partial charge in [0.25, 0.3) is 5.91 Å². The standard InChI is InChI=1S/C20H17F2N3O2/c1-27-19-5-3-2-4-13(19)12-24-14-8-9-23-18(11-14)20(26)25-15-6-7-16(21)17(22)10-15/h2-11H,12H2,1H3,(H,23,24)(H,25,26). The number of hydrogen-bond donors (Lipinski definition) is 2. The van der Waals surface area contributed by atoms with Crippen LogP contribution in [0.5, 0.6) is 5.75 Å². The normalized spacial score (nSPS) is 10.3. The van der Waals surface area contributed by atoms with Crippen molar-refractivity contribution in [1.82, 2.24) is 4.98 Å². The zero-order chi connectivity index (χ0) is 19.2. The summed E-state index contributed by atoms with van der Waals surface area (Å²) < 4.78 is 31.5. The zero-order valence-corrected chi connectivity index (χ0v) is 14.5. The third-order valence-corrected chi connectivity index (χ3v) is 3.85. The molecule has 2 aromatic carbocycles. The maximum Gasteiger partial charge on any atom is 0.274 e. The molecule has 138 valence electrons. The van der Waals surface area contributed by atoms with Crippen molar-refractivity contribution in [3.05, 3.63) is 83.7 Å². The number of rotatable bonds is 6. The highest BCUT2D eigenvalue weighted by Gasteiger charge is 2.11. The highest BCUT2D eigenvalue weighted by molar-refractivity contribution is 6.03. The molecule has 0 radical (unpaired) electrons. The van der Waals surface area contributed by atoms with Crippen LogP contribution in [0.15, 0.2) is 60.8 Å². The number of aromatic nitrogens is 1. The number of pyridine rings is 1. The van der Waals surface area contributed by atoms with Crippen molar-refractivity contribution >= 4 is 17.3 Å². The van der Waals surface area contributed by atoms with Crippen LogP contribution >= 0.6 is 0 Å². The van der Waals surface area contributed by atoms with Gasteiger partial charge in [0, 0.05) is 35.7 Å². The van der Waals surface area contributed by atoms with Crippen molar-refractivity contribution in [3.63, 3.8) is 0 Å². The Morgan fingerprint density at radius 3 is 2.63 bits per heavy atom. The van der Waals surface area contributed by atoms with Gasteiger partial charge in [-0.05, 0) is 30.3 Å². The number of nitrogens with one attached hydrogen (secondary N) is 2. The average molecular weight is 369 g/mol. The molecule has 0 bridgehead atoms. The molecule has 0 aliphatic carbocycles. The molecule has 0 unspecified atom stereocenters. The summed E-state index contributed by atoms with van der Waals surface area (Å²) in [5.74, 6) is -1.78. The number of ether oxygens (including phenoxy) is 1. The largest absolute Gasteiger partial charge is 0.496 e. The summed E-state index contributed by atoms with van der Waals surface area (Å²) in [6, 6.07) is 14.0. The van der Waals surface area contributed by atoms with Gasteiger partial charge in [0.05, 0.1) is 7.11 Å². The van der Waals surface area contributed by atoms with Gasteiger partial charge in [-0.3, -0.25) is 9.78 Å². The number of benzene rings is 2. The van der Waals surface area contributed by atoms with Gasteiger partial charge >= 0.3 is 0 Å². The molecule has 5 nitrogen and oxygen atoms in total. The third kappa shape index (κ3) is 4.58. The average Bonchev–Trinajstić information content (AvgIpc) is 2.69. The fourth-order valence-electron chi connectivity index (χ4n) is 2.48. The molecular formula is C20H17F2N3O2. The molecule has 0 saturated carbocycles. The molecule has 0 saturated heterocycles. The molecule has 3 aromatic rings. The number of para-hydroxylation sites is 1. The summed E-state index contributed by atoms with van der Waals surface area (Å²) in [6.07, 6.45) is 1.49. The molecule has 0 spiro atoms. The lowest BCUT2D eigenvalue weighted by molar-refractivity contribution is 0.102. The molecule has 0 atom stereocenters. The van der Waals surface area contributed by atoms with Crippen molar-refractivity contribution in [2.75, 3.05) is 17.7 Å². The number of amides is 1. The maximum absolute atomic E-state index is 13.3. The second-order valence-electron chi connectivity index (χ2n) is 5.68. The number of carbonyl (C=O) groups is 1. The zero-order valence-electron chi connectivity index (χ0n) is 14.5. The van der Waals surface area contributed by atoms with Gasteiger partial charge < -0.3 is 15.4 Å². The Morgan fingerprint density at radius 2 is 1.85 bits per heavy atom. The summed E-state index contributed by atoms with van der Waals surface area (Å²) in [5.41, 5.74) is 1.94. The Morgan fingerprint density at radius 1 is 1.04 bits per heavy atom. The number of halogens is 2. The lowest BCUT2D eigenvalue weighted by atomic mass is 10.2. The lowest BCUT2D eigenvalue weighted by Gasteiger charge is -2.11. The fourth-order valence-corrected chi connectivity index (χ4v) is 2.48. The van der Waals surface area contributed by atoms with E-state index in [9.17, 15) is 13.6 Å². The summed E-state index contributed by atoms with van der Waals surface area (Å²) in [6.45, 7) is 0.498. The van der Waals surface area contributed by atoms with Crippen LogP contribution in [-0.4, -0.2) is 18.0 Å². The second kappa shape index (κ2) is 8.27. The molecule has 7 heteroatoms. The number of nitrogens with zero attached hydrogens (tertiary/aromatic N) is 1. The first-order valence-electron chi connectivity index (χ1n) is 8.15. The highest BCUT2D eigenvalue weighted by atomic mass is 19.2. The molecule has 0 aliphatic rings. The van der Waals surface area contributed by atoms with E-state index in [1.807, 2.05) is 24.3 Å². The van der Waals surface area contributed by atoms with Crippen molar-refractivity contribution < 1.29 is 18.3 Å². The van der Waals surface area contributed by atoms with Gasteiger partial charge in [-0.1, -0.05) is 18.2 Å². The number of hydrogen-bond acceptors (Lipinski definition) is 4. The van der Waals surface area contributed by atoms with Crippen LogP contribution in [0.2, 0.25) is 0 Å². The Kier molecular flexibility index (Phi) is 5.61. The molecule has 1 amide bonds. The maximum atomic E-state index is 13.3. The van der Waals surface area contributed by atoms with E-state index in [0.29, 0.717) is 12.2 Å². The van der Waals surface area contributed by atoms with Gasteiger partial charge in [-0.25, -0.2) is 8.78 Å². The number of carbonyl (C=O) groups excluding carboxylic acids is 1. The first-order chi connectivity index (χ1) is 13.1. The molecule has 0 fully saturated rings. The van der Waals surface area contributed by atoms with Crippen LogP contribution in [0.3, 0.4) is 0 Å². The van der Waals surface area contributed by atoms with Crippen molar-refractivity contribution in [2.24, 2.45) is 0 Å². The van der Waals surface area contributed by atoms with Crippen LogP contribution in [0.25, 0.3) is 0 Å². The van der Waals surface area contributed by atoms with Crippen LogP contribution < -0.4 is 15.4 Å². The van der Waals surface area contributed by atoms with Crippen molar-refractivity contribution in [2.45, 2.75) is 6.54 Å². The SMILES string of the molecule is COc1ccccc1CNc1ccnc(C(=O)Nc2ccc(F)c(F)c2)c1. The predicted molar refractivity (Wildman–Crippen MR) is 98.9 cm³/mol. The van der Waals surface area contributed by atoms with Crippen LogP contribution in [0.4, 0.5) is 20.2 Å².